The van der Waals surface area contributed by atoms with Crippen LogP contribution >= 0.6 is 23.6 Å². The maximum Gasteiger partial charge on any atom is 0.240 e. The van der Waals surface area contributed by atoms with E-state index in [-0.39, 0.29) is 18.5 Å². The number of nitrogens with zero attached hydrogens (tertiary/aromatic N) is 2. The Hall–Kier alpha value is -2.45. The molecule has 0 saturated carbocycles. The third kappa shape index (κ3) is 3.97. The third-order valence-corrected chi connectivity index (χ3v) is 5.12. The summed E-state index contributed by atoms with van der Waals surface area (Å²) in [6.07, 6.45) is 0. The number of carbonyl (C=O) groups excluding carboxylic acids is 1. The lowest BCUT2D eigenvalue weighted by Gasteiger charge is -2.13. The van der Waals surface area contributed by atoms with Crippen LogP contribution < -0.4 is 10.1 Å². The van der Waals surface area contributed by atoms with Gasteiger partial charge in [0.1, 0.15) is 12.3 Å². The molecule has 1 aromatic carbocycles. The van der Waals surface area contributed by atoms with Gasteiger partial charge in [-0.15, -0.1) is 11.3 Å². The van der Waals surface area contributed by atoms with Crippen molar-refractivity contribution in [1.82, 2.24) is 20.1 Å². The summed E-state index contributed by atoms with van der Waals surface area (Å²) < 4.78 is 7.26. The SMILES string of the molecule is COc1ccc(-c2n[nH]c(=S)n2CC(=O)NC(C)c2cccs2)cc1. The number of thiophene rings is 1. The smallest absolute Gasteiger partial charge is 0.240 e. The van der Waals surface area contributed by atoms with Gasteiger partial charge in [0.15, 0.2) is 10.6 Å². The first-order chi connectivity index (χ1) is 12.1. The summed E-state index contributed by atoms with van der Waals surface area (Å²) in [6, 6.07) is 11.4. The number of carbonyl (C=O) groups is 1. The average Bonchev–Trinajstić information content (AvgIpc) is 3.26. The van der Waals surface area contributed by atoms with Gasteiger partial charge in [-0.25, -0.2) is 0 Å². The molecular weight excluding hydrogens is 356 g/mol. The Bertz CT molecular complexity index is 898. The number of amides is 1. The van der Waals surface area contributed by atoms with Crippen LogP contribution in [-0.4, -0.2) is 27.8 Å². The van der Waals surface area contributed by atoms with Gasteiger partial charge in [-0.3, -0.25) is 14.5 Å². The number of methoxy groups -OCH3 is 1. The zero-order chi connectivity index (χ0) is 17.8. The van der Waals surface area contributed by atoms with E-state index in [2.05, 4.69) is 15.5 Å². The van der Waals surface area contributed by atoms with Crippen molar-refractivity contribution < 1.29 is 9.53 Å². The summed E-state index contributed by atoms with van der Waals surface area (Å²) in [4.78, 5) is 13.5. The number of hydrogen-bond acceptors (Lipinski definition) is 5. The van der Waals surface area contributed by atoms with Gasteiger partial charge in [0, 0.05) is 10.4 Å². The molecule has 0 bridgehead atoms. The van der Waals surface area contributed by atoms with Crippen molar-refractivity contribution in [3.63, 3.8) is 0 Å². The van der Waals surface area contributed by atoms with Crippen molar-refractivity contribution in [2.24, 2.45) is 0 Å². The van der Waals surface area contributed by atoms with E-state index in [4.69, 9.17) is 17.0 Å². The van der Waals surface area contributed by atoms with Crippen LogP contribution in [0.3, 0.4) is 0 Å². The minimum atomic E-state index is -0.117. The van der Waals surface area contributed by atoms with E-state index in [0.717, 1.165) is 16.2 Å². The monoisotopic (exact) mass is 374 g/mol. The Labute approximate surface area is 154 Å². The predicted octanol–water partition coefficient (Wildman–Crippen LogP) is 3.56. The second kappa shape index (κ2) is 7.62. The molecule has 0 aliphatic carbocycles. The maximum absolute atomic E-state index is 12.4. The maximum atomic E-state index is 12.4. The molecule has 0 aliphatic heterocycles. The molecule has 0 radical (unpaired) electrons. The van der Waals surface area contributed by atoms with E-state index in [0.29, 0.717) is 10.6 Å². The molecule has 0 spiro atoms. The molecule has 1 amide bonds. The Morgan fingerprint density at radius 1 is 1.40 bits per heavy atom. The summed E-state index contributed by atoms with van der Waals surface area (Å²) in [5, 5.41) is 12.0. The molecule has 3 aromatic rings. The van der Waals surface area contributed by atoms with Crippen molar-refractivity contribution in [1.29, 1.82) is 0 Å². The molecule has 0 aliphatic rings. The van der Waals surface area contributed by atoms with E-state index in [1.807, 2.05) is 48.7 Å². The van der Waals surface area contributed by atoms with Gasteiger partial charge in [-0.05, 0) is 54.9 Å². The largest absolute Gasteiger partial charge is 0.497 e. The molecule has 2 heterocycles. The summed E-state index contributed by atoms with van der Waals surface area (Å²) >= 11 is 6.89. The van der Waals surface area contributed by atoms with Crippen LogP contribution in [0.1, 0.15) is 17.8 Å². The van der Waals surface area contributed by atoms with Crippen molar-refractivity contribution in [3.05, 3.63) is 51.4 Å². The number of benzene rings is 1. The highest BCUT2D eigenvalue weighted by Crippen LogP contribution is 2.21. The van der Waals surface area contributed by atoms with Crippen LogP contribution in [0.25, 0.3) is 11.4 Å². The van der Waals surface area contributed by atoms with Crippen molar-refractivity contribution in [2.75, 3.05) is 7.11 Å². The topological polar surface area (TPSA) is 71.9 Å². The summed E-state index contributed by atoms with van der Waals surface area (Å²) in [5.41, 5.74) is 0.854. The summed E-state index contributed by atoms with van der Waals surface area (Å²) in [5.74, 6) is 1.26. The molecule has 2 aromatic heterocycles. The minimum Gasteiger partial charge on any atom is -0.497 e. The Kier molecular flexibility index (Phi) is 5.30. The highest BCUT2D eigenvalue weighted by molar-refractivity contribution is 7.71. The molecular formula is C17H18N4O2S2. The Morgan fingerprint density at radius 3 is 2.80 bits per heavy atom. The second-order valence-electron chi connectivity index (χ2n) is 5.47. The molecule has 1 atom stereocenters. The summed E-state index contributed by atoms with van der Waals surface area (Å²) in [6.45, 7) is 2.06. The lowest BCUT2D eigenvalue weighted by Crippen LogP contribution is -2.30. The molecule has 8 heteroatoms. The van der Waals surface area contributed by atoms with Crippen LogP contribution in [0, 0.1) is 4.77 Å². The van der Waals surface area contributed by atoms with Crippen LogP contribution in [0.15, 0.2) is 41.8 Å². The summed E-state index contributed by atoms with van der Waals surface area (Å²) in [7, 11) is 1.62. The van der Waals surface area contributed by atoms with Gasteiger partial charge in [0.25, 0.3) is 0 Å². The first-order valence-corrected chi connectivity index (χ1v) is 8.99. The van der Waals surface area contributed by atoms with Gasteiger partial charge in [-0.1, -0.05) is 6.07 Å². The number of ether oxygens (including phenoxy) is 1. The Morgan fingerprint density at radius 2 is 2.16 bits per heavy atom. The fourth-order valence-corrected chi connectivity index (χ4v) is 3.40. The molecule has 3 rings (SSSR count). The first-order valence-electron chi connectivity index (χ1n) is 7.71. The van der Waals surface area contributed by atoms with Crippen molar-refractivity contribution >= 4 is 29.5 Å². The third-order valence-electron chi connectivity index (χ3n) is 3.76. The normalized spacial score (nSPS) is 11.9. The lowest BCUT2D eigenvalue weighted by atomic mass is 10.2. The number of H-pyrrole nitrogens is 1. The molecule has 25 heavy (non-hydrogen) atoms. The van der Waals surface area contributed by atoms with Gasteiger partial charge < -0.3 is 10.1 Å². The molecule has 0 saturated heterocycles. The van der Waals surface area contributed by atoms with Crippen LogP contribution in [0.2, 0.25) is 0 Å². The molecule has 0 fully saturated rings. The van der Waals surface area contributed by atoms with Crippen LogP contribution in [-0.2, 0) is 11.3 Å². The fourth-order valence-electron chi connectivity index (χ4n) is 2.46. The molecule has 6 nitrogen and oxygen atoms in total. The molecule has 1 unspecified atom stereocenters. The van der Waals surface area contributed by atoms with Gasteiger partial charge in [0.05, 0.1) is 13.2 Å². The molecule has 130 valence electrons. The van der Waals surface area contributed by atoms with Gasteiger partial charge in [0.2, 0.25) is 5.91 Å². The highest BCUT2D eigenvalue weighted by atomic mass is 32.1. The lowest BCUT2D eigenvalue weighted by molar-refractivity contribution is -0.122. The van der Waals surface area contributed by atoms with Crippen LogP contribution in [0.5, 0.6) is 5.75 Å². The number of aromatic nitrogens is 3. The quantitative estimate of drug-likeness (QED) is 0.647. The van der Waals surface area contributed by atoms with E-state index in [1.54, 1.807) is 23.0 Å². The van der Waals surface area contributed by atoms with E-state index in [9.17, 15) is 4.79 Å². The average molecular weight is 374 g/mol. The second-order valence-corrected chi connectivity index (χ2v) is 6.84. The van der Waals surface area contributed by atoms with Gasteiger partial charge in [-0.2, -0.15) is 5.10 Å². The van der Waals surface area contributed by atoms with E-state index in [1.165, 1.54) is 0 Å². The number of hydrogen-bond donors (Lipinski definition) is 2. The zero-order valence-corrected chi connectivity index (χ0v) is 15.5. The van der Waals surface area contributed by atoms with Gasteiger partial charge >= 0.3 is 0 Å². The Balaban J connectivity index is 1.77. The predicted molar refractivity (Wildman–Crippen MR) is 100 cm³/mol. The van der Waals surface area contributed by atoms with Crippen LogP contribution in [0.4, 0.5) is 0 Å². The number of nitrogens with one attached hydrogen (secondary N) is 2. The van der Waals surface area contributed by atoms with Crippen molar-refractivity contribution in [2.45, 2.75) is 19.5 Å². The number of aromatic amines is 1. The van der Waals surface area contributed by atoms with E-state index >= 15 is 0 Å². The molecule has 2 N–H and O–H groups in total. The minimum absolute atomic E-state index is 0.0435. The number of rotatable bonds is 6. The standard InChI is InChI=1S/C17H18N4O2S2/c1-11(14-4-3-9-25-14)18-15(22)10-21-16(19-20-17(21)24)12-5-7-13(23-2)8-6-12/h3-9,11H,10H2,1-2H3,(H,18,22)(H,20,24). The zero-order valence-electron chi connectivity index (χ0n) is 13.9. The first kappa shape index (κ1) is 17.4. The van der Waals surface area contributed by atoms with E-state index < -0.39 is 0 Å². The van der Waals surface area contributed by atoms with Crippen molar-refractivity contribution in [3.8, 4) is 17.1 Å². The highest BCUT2D eigenvalue weighted by Gasteiger charge is 2.15. The fraction of sp³-hybridized carbons (Fsp3) is 0.235.